The molecule has 0 atom stereocenters. The Bertz CT molecular complexity index is 73.4. The zero-order valence-electron chi connectivity index (χ0n) is 6.77. The normalized spacial score (nSPS) is 3.43. The summed E-state index contributed by atoms with van der Waals surface area (Å²) >= 11 is 0. The predicted molar refractivity (Wildman–Crippen MR) is 44.2 cm³/mol. The fraction of sp³-hybridized carbons (Fsp3) is 0. The van der Waals surface area contributed by atoms with Crippen LogP contribution < -0.4 is 11.5 Å². The van der Waals surface area contributed by atoms with E-state index in [2.05, 4.69) is 11.5 Å². The van der Waals surface area contributed by atoms with Gasteiger partial charge in [0.15, 0.2) is 0 Å². The molecule has 0 unspecified atom stereocenters. The molecule has 13 nitrogen and oxygen atoms in total. The monoisotopic (exact) mass is 231 g/mol. The maximum absolute atomic E-state index is 9.00. The van der Waals surface area contributed by atoms with Gasteiger partial charge in [-0.15, -0.1) is 10.1 Å². The molecule has 0 saturated heterocycles. The third kappa shape index (κ3) is 278. The molecule has 0 aliphatic carbocycles. The van der Waals surface area contributed by atoms with Crippen molar-refractivity contribution in [1.82, 2.24) is 0 Å². The minimum Gasteiger partial charge on any atom is -0.412 e. The number of nitrogens with two attached hydrogens (primary N) is 2. The van der Waals surface area contributed by atoms with E-state index in [0.717, 1.165) is 0 Å². The van der Waals surface area contributed by atoms with Crippen molar-refractivity contribution in [1.29, 1.82) is 0 Å². The van der Waals surface area contributed by atoms with Crippen molar-refractivity contribution >= 4 is 6.03 Å². The van der Waals surface area contributed by atoms with Crippen LogP contribution in [-0.2, 0) is 0 Å². The summed E-state index contributed by atoms with van der Waals surface area (Å²) in [6.45, 7) is 0. The van der Waals surface area contributed by atoms with Crippen molar-refractivity contribution in [3.05, 3.63) is 10.1 Å². The molecule has 17 N–H and O–H groups in total. The summed E-state index contributed by atoms with van der Waals surface area (Å²) in [5, 5.41) is 13.6. The lowest BCUT2D eigenvalue weighted by Crippen LogP contribution is -2.18. The molecule has 0 aromatic rings. The SMILES string of the molecule is NC(N)=O.O.O.O.O.O.O.O=[N+]([O-])O. The number of carbonyl (C=O) groups is 1. The Kier molecular flexibility index (Phi) is 404. The van der Waals surface area contributed by atoms with Crippen LogP contribution in [0, 0.1) is 10.1 Å². The standard InChI is InChI=1S/CH4N2O.HNO3.6H2O/c2*2-1(3)4;;;;;;/h(H4,2,3,4);(H,2,3,4);6*1H2. The van der Waals surface area contributed by atoms with E-state index >= 15 is 0 Å². The maximum Gasteiger partial charge on any atom is 0.309 e. The molecule has 0 heterocycles. The Morgan fingerprint density at radius 3 is 1.00 bits per heavy atom. The van der Waals surface area contributed by atoms with Crippen molar-refractivity contribution < 1.29 is 47.9 Å². The van der Waals surface area contributed by atoms with Crippen molar-refractivity contribution in [3.63, 3.8) is 0 Å². The lowest BCUT2D eigenvalue weighted by Gasteiger charge is -1.62. The number of primary amides is 2. The van der Waals surface area contributed by atoms with E-state index < -0.39 is 11.1 Å². The molecule has 0 radical (unpaired) electrons. The summed E-state index contributed by atoms with van der Waals surface area (Å²) in [5.41, 5.74) is 8.50. The highest BCUT2D eigenvalue weighted by Gasteiger charge is 1.65. The fourth-order valence-electron chi connectivity index (χ4n) is 0. The highest BCUT2D eigenvalue weighted by atomic mass is 16.9. The Labute approximate surface area is 76.9 Å². The van der Waals surface area contributed by atoms with Crippen molar-refractivity contribution in [2.45, 2.75) is 0 Å². The summed E-state index contributed by atoms with van der Waals surface area (Å²) in [7, 11) is 0. The number of hydrogen-bond acceptors (Lipinski definition) is 3. The summed E-state index contributed by atoms with van der Waals surface area (Å²) in [4.78, 5) is 17.4. The van der Waals surface area contributed by atoms with Gasteiger partial charge in [0.1, 0.15) is 0 Å². The largest absolute Gasteiger partial charge is 0.412 e. The Morgan fingerprint density at radius 1 is 1.00 bits per heavy atom. The van der Waals surface area contributed by atoms with Gasteiger partial charge in [0.25, 0.3) is 5.09 Å². The molecule has 0 spiro atoms. The highest BCUT2D eigenvalue weighted by Crippen LogP contribution is 1.38. The molecule has 0 saturated carbocycles. The van der Waals surface area contributed by atoms with Crippen LogP contribution >= 0.6 is 0 Å². The summed E-state index contributed by atoms with van der Waals surface area (Å²) in [5.74, 6) is 0. The number of hydrogen-bond donors (Lipinski definition) is 3. The average molecular weight is 231 g/mol. The summed E-state index contributed by atoms with van der Waals surface area (Å²) < 4.78 is 0. The van der Waals surface area contributed by atoms with Gasteiger partial charge in [0.05, 0.1) is 0 Å². The van der Waals surface area contributed by atoms with E-state index in [0.29, 0.717) is 0 Å². The highest BCUT2D eigenvalue weighted by molar-refractivity contribution is 5.69. The third-order valence-corrected chi connectivity index (χ3v) is 0. The average Bonchev–Trinajstić information content (AvgIpc) is 1.25. The Hall–Kier alpha value is -1.77. The van der Waals surface area contributed by atoms with Crippen LogP contribution in [-0.4, -0.2) is 49.2 Å². The smallest absolute Gasteiger partial charge is 0.309 e. The van der Waals surface area contributed by atoms with Gasteiger partial charge in [-0.25, -0.2) is 4.79 Å². The second-order valence-electron chi connectivity index (χ2n) is 0.640. The molecule has 14 heavy (non-hydrogen) atoms. The molecule has 0 aromatic carbocycles. The first-order chi connectivity index (χ1) is 3.46. The van der Waals surface area contributed by atoms with Gasteiger partial charge in [-0.05, 0) is 0 Å². The van der Waals surface area contributed by atoms with Gasteiger partial charge >= 0.3 is 6.03 Å². The van der Waals surface area contributed by atoms with E-state index in [1.54, 1.807) is 0 Å². The summed E-state index contributed by atoms with van der Waals surface area (Å²) in [6, 6.07) is -0.833. The van der Waals surface area contributed by atoms with Crippen LogP contribution in [0.25, 0.3) is 0 Å². The van der Waals surface area contributed by atoms with Gasteiger partial charge in [-0.3, -0.25) is 0 Å². The van der Waals surface area contributed by atoms with Crippen LogP contribution in [0.5, 0.6) is 0 Å². The van der Waals surface area contributed by atoms with Crippen LogP contribution in [0.4, 0.5) is 4.79 Å². The number of amides is 2. The van der Waals surface area contributed by atoms with Crippen LogP contribution in [0.2, 0.25) is 0 Å². The Morgan fingerprint density at radius 2 is 1.00 bits per heavy atom. The van der Waals surface area contributed by atoms with Gasteiger partial charge in [-0.2, -0.15) is 0 Å². The topological polar surface area (TPSA) is 321 Å². The molecule has 0 aromatic heterocycles. The van der Waals surface area contributed by atoms with Crippen LogP contribution in [0.3, 0.4) is 0 Å². The first-order valence-corrected chi connectivity index (χ1v) is 1.35. The molecule has 96 valence electrons. The molecular weight excluding hydrogens is 214 g/mol. The van der Waals surface area contributed by atoms with E-state index in [1.165, 1.54) is 0 Å². The summed E-state index contributed by atoms with van der Waals surface area (Å²) in [6.07, 6.45) is 0. The quantitative estimate of drug-likeness (QED) is 0.270. The van der Waals surface area contributed by atoms with E-state index in [9.17, 15) is 0 Å². The maximum atomic E-state index is 9.00. The lowest BCUT2D eigenvalue weighted by atomic mass is 11.2. The van der Waals surface area contributed by atoms with Crippen molar-refractivity contribution in [2.24, 2.45) is 11.5 Å². The Balaban J connectivity index is -0.00000000600. The number of rotatable bonds is 0. The first kappa shape index (κ1) is 86.2. The predicted octanol–water partition coefficient (Wildman–Crippen LogP) is -6.27. The van der Waals surface area contributed by atoms with Crippen molar-refractivity contribution in [3.8, 4) is 0 Å². The lowest BCUT2D eigenvalue weighted by molar-refractivity contribution is -0.742. The minimum atomic E-state index is -1.50. The molecule has 0 aliphatic heterocycles. The van der Waals surface area contributed by atoms with Gasteiger partial charge in [0, 0.05) is 0 Å². The molecule has 13 heteroatoms. The second kappa shape index (κ2) is 65.7. The second-order valence-corrected chi connectivity index (χ2v) is 0.640. The number of nitrogens with zero attached hydrogens (tertiary/aromatic N) is 1. The molecular formula is CH17N3O10. The van der Waals surface area contributed by atoms with Crippen LogP contribution in [0.1, 0.15) is 0 Å². The number of carbonyl (C=O) groups excluding carboxylic acids is 1. The molecule has 0 fully saturated rings. The van der Waals surface area contributed by atoms with Crippen molar-refractivity contribution in [2.75, 3.05) is 0 Å². The fourth-order valence-corrected chi connectivity index (χ4v) is 0. The van der Waals surface area contributed by atoms with Gasteiger partial charge < -0.3 is 49.5 Å². The minimum absolute atomic E-state index is 0. The molecule has 0 bridgehead atoms. The number of urea groups is 1. The molecule has 2 amide bonds. The van der Waals surface area contributed by atoms with E-state index in [1.807, 2.05) is 0 Å². The van der Waals surface area contributed by atoms with Crippen LogP contribution in [0.15, 0.2) is 0 Å². The van der Waals surface area contributed by atoms with Gasteiger partial charge in [0.2, 0.25) is 0 Å². The zero-order chi connectivity index (χ0) is 7.15. The van der Waals surface area contributed by atoms with E-state index in [4.69, 9.17) is 20.1 Å². The first-order valence-electron chi connectivity index (χ1n) is 1.35. The molecule has 0 rings (SSSR count). The van der Waals surface area contributed by atoms with Gasteiger partial charge in [-0.1, -0.05) is 0 Å². The van der Waals surface area contributed by atoms with E-state index in [-0.39, 0.29) is 32.9 Å². The zero-order valence-corrected chi connectivity index (χ0v) is 6.77. The third-order valence-electron chi connectivity index (χ3n) is 0. The molecule has 0 aliphatic rings.